The van der Waals surface area contributed by atoms with Crippen LogP contribution in [0.15, 0.2) is 81.0 Å². The molecule has 1 atom stereocenters. The molecule has 9 nitrogen and oxygen atoms in total. The van der Waals surface area contributed by atoms with Gasteiger partial charge in [-0.15, -0.1) is 0 Å². The summed E-state index contributed by atoms with van der Waals surface area (Å²) in [7, 11) is 0. The van der Waals surface area contributed by atoms with E-state index in [9.17, 15) is 9.59 Å². The van der Waals surface area contributed by atoms with Gasteiger partial charge in [-0.3, -0.25) is 14.3 Å². The van der Waals surface area contributed by atoms with Crippen LogP contribution in [0.4, 0.5) is 5.69 Å². The van der Waals surface area contributed by atoms with Crippen LogP contribution in [-0.4, -0.2) is 33.4 Å². The minimum Gasteiger partial charge on any atom is -0.481 e. The minimum atomic E-state index is -0.711. The number of carbonyl (C=O) groups is 2. The van der Waals surface area contributed by atoms with Gasteiger partial charge >= 0.3 is 5.91 Å². The Bertz CT molecular complexity index is 1480. The topological polar surface area (TPSA) is 111 Å². The van der Waals surface area contributed by atoms with Crippen molar-refractivity contribution in [3.8, 4) is 5.75 Å². The number of aryl methyl sites for hydroxylation is 1. The quantitative estimate of drug-likeness (QED) is 0.187. The standard InChI is InChI=1S/C27H25BrClN5O4/c1-16-12-21(29)6-10-24(16)37-18(3)26(35)31-22-7-4-19(5-8-22)17(2)32-33-27(36)25-11-9-23(38-25)15-34-14-20(28)13-30-34/h4-14,18H,15H2,1-3H3,(H,31,35)(H,33,36)/b32-17-. The molecule has 0 bridgehead atoms. The smallest absolute Gasteiger partial charge is 0.307 e. The van der Waals surface area contributed by atoms with Crippen molar-refractivity contribution in [3.63, 3.8) is 0 Å². The van der Waals surface area contributed by atoms with Crippen molar-refractivity contribution >= 4 is 50.7 Å². The fourth-order valence-corrected chi connectivity index (χ4v) is 4.01. The van der Waals surface area contributed by atoms with Gasteiger partial charge in [-0.1, -0.05) is 23.7 Å². The van der Waals surface area contributed by atoms with Gasteiger partial charge in [0.05, 0.1) is 22.9 Å². The van der Waals surface area contributed by atoms with Gasteiger partial charge in [0.2, 0.25) is 0 Å². The number of nitrogens with one attached hydrogen (secondary N) is 2. The molecule has 0 saturated carbocycles. The van der Waals surface area contributed by atoms with E-state index in [4.69, 9.17) is 20.8 Å². The number of aromatic nitrogens is 2. The minimum absolute atomic E-state index is 0.144. The molecule has 2 aromatic carbocycles. The second-order valence-corrected chi connectivity index (χ2v) is 9.85. The summed E-state index contributed by atoms with van der Waals surface area (Å²) in [6, 6.07) is 15.6. The average Bonchev–Trinajstić information content (AvgIpc) is 3.53. The number of carbonyl (C=O) groups excluding carboxylic acids is 2. The molecule has 4 aromatic rings. The van der Waals surface area contributed by atoms with Gasteiger partial charge in [-0.2, -0.15) is 10.2 Å². The van der Waals surface area contributed by atoms with Crippen LogP contribution in [0.5, 0.6) is 5.75 Å². The molecule has 11 heteroatoms. The number of halogens is 2. The lowest BCUT2D eigenvalue weighted by Gasteiger charge is -2.16. The SMILES string of the molecule is C/C(=N/NC(=O)c1ccc(Cn2cc(Br)cn2)o1)c1ccc(NC(=O)C(C)Oc2ccc(Cl)cc2C)cc1. The Morgan fingerprint density at radius 3 is 2.63 bits per heavy atom. The van der Waals surface area contributed by atoms with Crippen molar-refractivity contribution in [1.82, 2.24) is 15.2 Å². The maximum atomic E-state index is 12.6. The van der Waals surface area contributed by atoms with Crippen molar-refractivity contribution < 1.29 is 18.7 Å². The molecule has 2 aromatic heterocycles. The molecule has 0 spiro atoms. The van der Waals surface area contributed by atoms with Crippen LogP contribution in [0.3, 0.4) is 0 Å². The van der Waals surface area contributed by atoms with E-state index in [0.717, 1.165) is 15.6 Å². The van der Waals surface area contributed by atoms with Crippen LogP contribution in [0, 0.1) is 6.92 Å². The van der Waals surface area contributed by atoms with Crippen LogP contribution < -0.4 is 15.5 Å². The molecule has 0 radical (unpaired) electrons. The highest BCUT2D eigenvalue weighted by molar-refractivity contribution is 9.10. The van der Waals surface area contributed by atoms with Crippen molar-refractivity contribution in [1.29, 1.82) is 0 Å². The number of furan rings is 1. The van der Waals surface area contributed by atoms with Crippen LogP contribution in [0.1, 0.15) is 41.3 Å². The largest absolute Gasteiger partial charge is 0.481 e. The van der Waals surface area contributed by atoms with E-state index in [1.807, 2.05) is 13.1 Å². The molecule has 2 heterocycles. The third-order valence-corrected chi connectivity index (χ3v) is 6.15. The Labute approximate surface area is 232 Å². The first-order chi connectivity index (χ1) is 18.2. The molecule has 2 N–H and O–H groups in total. The highest BCUT2D eigenvalue weighted by atomic mass is 79.9. The van der Waals surface area contributed by atoms with Gasteiger partial charge in [0, 0.05) is 16.9 Å². The maximum absolute atomic E-state index is 12.6. The Hall–Kier alpha value is -3.89. The van der Waals surface area contributed by atoms with Crippen molar-refractivity contribution in [2.75, 3.05) is 5.32 Å². The molecule has 196 valence electrons. The summed E-state index contributed by atoms with van der Waals surface area (Å²) in [5, 5.41) is 11.8. The molecule has 1 unspecified atom stereocenters. The number of rotatable bonds is 9. The van der Waals surface area contributed by atoms with Gasteiger partial charge in [0.1, 0.15) is 11.5 Å². The van der Waals surface area contributed by atoms with Crippen LogP contribution in [0.2, 0.25) is 5.02 Å². The van der Waals surface area contributed by atoms with Crippen molar-refractivity contribution in [2.45, 2.75) is 33.4 Å². The van der Waals surface area contributed by atoms with E-state index >= 15 is 0 Å². The molecule has 38 heavy (non-hydrogen) atoms. The van der Waals surface area contributed by atoms with E-state index in [2.05, 4.69) is 36.9 Å². The molecule has 2 amide bonds. The summed E-state index contributed by atoms with van der Waals surface area (Å²) >= 11 is 9.32. The lowest BCUT2D eigenvalue weighted by atomic mass is 10.1. The third-order valence-electron chi connectivity index (χ3n) is 5.51. The molecule has 0 aliphatic carbocycles. The molecule has 0 aliphatic heterocycles. The van der Waals surface area contributed by atoms with Gasteiger partial charge < -0.3 is 14.5 Å². The summed E-state index contributed by atoms with van der Waals surface area (Å²) in [4.78, 5) is 25.0. The zero-order valence-electron chi connectivity index (χ0n) is 20.9. The van der Waals surface area contributed by atoms with E-state index in [-0.39, 0.29) is 11.7 Å². The fourth-order valence-electron chi connectivity index (χ4n) is 3.45. The predicted octanol–water partition coefficient (Wildman–Crippen LogP) is 5.81. The first kappa shape index (κ1) is 27.2. The number of nitrogens with zero attached hydrogens (tertiary/aromatic N) is 3. The number of hydrogen-bond acceptors (Lipinski definition) is 6. The predicted molar refractivity (Wildman–Crippen MR) is 149 cm³/mol. The van der Waals surface area contributed by atoms with Gasteiger partial charge in [0.25, 0.3) is 5.91 Å². The van der Waals surface area contributed by atoms with Crippen molar-refractivity contribution in [3.05, 3.63) is 99.1 Å². The highest BCUT2D eigenvalue weighted by Gasteiger charge is 2.16. The van der Waals surface area contributed by atoms with Gasteiger partial charge in [0.15, 0.2) is 11.9 Å². The second kappa shape index (κ2) is 12.1. The van der Waals surface area contributed by atoms with Crippen molar-refractivity contribution in [2.24, 2.45) is 5.10 Å². The lowest BCUT2D eigenvalue weighted by Crippen LogP contribution is -2.30. The first-order valence-electron chi connectivity index (χ1n) is 11.6. The average molecular weight is 599 g/mol. The van der Waals surface area contributed by atoms with E-state index in [1.54, 1.807) is 79.3 Å². The normalized spacial score (nSPS) is 12.2. The Kier molecular flexibility index (Phi) is 8.65. The Morgan fingerprint density at radius 2 is 1.95 bits per heavy atom. The molecular formula is C27H25BrClN5O4. The number of hydrazone groups is 1. The fraction of sp³-hybridized carbons (Fsp3) is 0.185. The monoisotopic (exact) mass is 597 g/mol. The van der Waals surface area contributed by atoms with E-state index in [1.165, 1.54) is 0 Å². The maximum Gasteiger partial charge on any atom is 0.307 e. The second-order valence-electron chi connectivity index (χ2n) is 8.50. The van der Waals surface area contributed by atoms with E-state index in [0.29, 0.717) is 34.5 Å². The zero-order chi connectivity index (χ0) is 27.2. The summed E-state index contributed by atoms with van der Waals surface area (Å²) in [6.45, 7) is 5.71. The number of benzene rings is 2. The summed E-state index contributed by atoms with van der Waals surface area (Å²) < 4.78 is 13.9. The van der Waals surface area contributed by atoms with Gasteiger partial charge in [-0.25, -0.2) is 5.43 Å². The third kappa shape index (κ3) is 7.11. The number of anilines is 1. The number of ether oxygens (including phenoxy) is 1. The molecular weight excluding hydrogens is 574 g/mol. The number of amides is 2. The molecule has 4 rings (SSSR count). The van der Waals surface area contributed by atoms with E-state index < -0.39 is 12.0 Å². The highest BCUT2D eigenvalue weighted by Crippen LogP contribution is 2.23. The van der Waals surface area contributed by atoms with Crippen LogP contribution in [0.25, 0.3) is 0 Å². The number of hydrogen-bond donors (Lipinski definition) is 2. The van der Waals surface area contributed by atoms with Crippen LogP contribution in [-0.2, 0) is 11.3 Å². The zero-order valence-corrected chi connectivity index (χ0v) is 23.2. The molecule has 0 fully saturated rings. The Morgan fingerprint density at radius 1 is 1.18 bits per heavy atom. The molecule has 0 aliphatic rings. The van der Waals surface area contributed by atoms with Gasteiger partial charge in [-0.05, 0) is 90.3 Å². The van der Waals surface area contributed by atoms with Crippen LogP contribution >= 0.6 is 27.5 Å². The molecule has 0 saturated heterocycles. The lowest BCUT2D eigenvalue weighted by molar-refractivity contribution is -0.122. The summed E-state index contributed by atoms with van der Waals surface area (Å²) in [5.74, 6) is 0.574. The summed E-state index contributed by atoms with van der Waals surface area (Å²) in [6.07, 6.45) is 2.77. The first-order valence-corrected chi connectivity index (χ1v) is 12.8. The summed E-state index contributed by atoms with van der Waals surface area (Å²) in [5.41, 5.74) is 5.31. The Balaban J connectivity index is 1.30.